The maximum absolute atomic E-state index is 8.91. The van der Waals surface area contributed by atoms with Crippen molar-refractivity contribution in [1.82, 2.24) is 9.99 Å². The smallest absolute Gasteiger partial charge is 0.101 e. The second-order valence-corrected chi connectivity index (χ2v) is 3.69. The van der Waals surface area contributed by atoms with Gasteiger partial charge in [-0.1, -0.05) is 6.42 Å². The summed E-state index contributed by atoms with van der Waals surface area (Å²) in [6.45, 7) is 2.08. The molecule has 1 aromatic heterocycles. The zero-order chi connectivity index (χ0) is 10.5. The summed E-state index contributed by atoms with van der Waals surface area (Å²) in [6, 6.07) is 3.88. The number of nitrogens with zero attached hydrogens (tertiary/aromatic N) is 3. The van der Waals surface area contributed by atoms with Crippen molar-refractivity contribution in [2.45, 2.75) is 19.3 Å². The minimum atomic E-state index is 0.649. The van der Waals surface area contributed by atoms with Gasteiger partial charge in [0, 0.05) is 19.3 Å². The lowest BCUT2D eigenvalue weighted by Gasteiger charge is -2.27. The summed E-state index contributed by atoms with van der Waals surface area (Å²) < 4.78 is 0. The predicted molar refractivity (Wildman–Crippen MR) is 58.0 cm³/mol. The predicted octanol–water partition coefficient (Wildman–Crippen LogP) is 1.77. The first-order valence-electron chi connectivity index (χ1n) is 5.26. The lowest BCUT2D eigenvalue weighted by Crippen LogP contribution is -2.35. The number of hydrogen-bond acceptors (Lipinski definition) is 4. The molecule has 78 valence electrons. The van der Waals surface area contributed by atoms with Crippen LogP contribution in [0.2, 0.25) is 0 Å². The van der Waals surface area contributed by atoms with E-state index >= 15 is 0 Å². The van der Waals surface area contributed by atoms with E-state index in [0.29, 0.717) is 5.56 Å². The van der Waals surface area contributed by atoms with Crippen LogP contribution >= 0.6 is 0 Å². The van der Waals surface area contributed by atoms with E-state index in [0.717, 1.165) is 18.8 Å². The fourth-order valence-corrected chi connectivity index (χ4v) is 1.76. The maximum Gasteiger partial charge on any atom is 0.101 e. The number of nitrogens with one attached hydrogen (secondary N) is 1. The Kier molecular flexibility index (Phi) is 3.15. The summed E-state index contributed by atoms with van der Waals surface area (Å²) in [4.78, 5) is 4.02. The maximum atomic E-state index is 8.91. The molecule has 0 atom stereocenters. The normalized spacial score (nSPS) is 17.0. The van der Waals surface area contributed by atoms with Crippen molar-refractivity contribution in [2.24, 2.45) is 0 Å². The molecule has 0 saturated carbocycles. The van der Waals surface area contributed by atoms with Crippen LogP contribution in [-0.4, -0.2) is 23.1 Å². The van der Waals surface area contributed by atoms with E-state index in [9.17, 15) is 0 Å². The summed E-state index contributed by atoms with van der Waals surface area (Å²) in [6.07, 6.45) is 7.08. The van der Waals surface area contributed by atoms with Crippen molar-refractivity contribution in [1.29, 1.82) is 5.26 Å². The fraction of sp³-hybridized carbons (Fsp3) is 0.455. The van der Waals surface area contributed by atoms with Gasteiger partial charge in [0.25, 0.3) is 0 Å². The molecule has 4 nitrogen and oxygen atoms in total. The van der Waals surface area contributed by atoms with Crippen LogP contribution in [0, 0.1) is 11.3 Å². The van der Waals surface area contributed by atoms with Gasteiger partial charge in [-0.25, -0.2) is 5.01 Å². The molecule has 1 aliphatic rings. The molecule has 1 aliphatic heterocycles. The van der Waals surface area contributed by atoms with Gasteiger partial charge < -0.3 is 5.43 Å². The largest absolute Gasteiger partial charge is 0.316 e. The number of hydrazine groups is 1. The van der Waals surface area contributed by atoms with Crippen molar-refractivity contribution in [3.63, 3.8) is 0 Å². The zero-order valence-corrected chi connectivity index (χ0v) is 8.61. The molecular weight excluding hydrogens is 188 g/mol. The van der Waals surface area contributed by atoms with Gasteiger partial charge in [0.15, 0.2) is 0 Å². The molecule has 4 heteroatoms. The Morgan fingerprint density at radius 1 is 1.33 bits per heavy atom. The van der Waals surface area contributed by atoms with E-state index in [-0.39, 0.29) is 0 Å². The van der Waals surface area contributed by atoms with Gasteiger partial charge in [0.1, 0.15) is 6.07 Å². The Labute approximate surface area is 89.5 Å². The summed E-state index contributed by atoms with van der Waals surface area (Å²) in [7, 11) is 0. The van der Waals surface area contributed by atoms with Gasteiger partial charge in [0.05, 0.1) is 17.4 Å². The third kappa shape index (κ3) is 2.45. The second kappa shape index (κ2) is 4.76. The zero-order valence-electron chi connectivity index (χ0n) is 8.61. The van der Waals surface area contributed by atoms with Crippen molar-refractivity contribution >= 4 is 5.69 Å². The van der Waals surface area contributed by atoms with Crippen LogP contribution in [0.15, 0.2) is 18.5 Å². The van der Waals surface area contributed by atoms with Crippen LogP contribution in [0.1, 0.15) is 24.8 Å². The van der Waals surface area contributed by atoms with Gasteiger partial charge in [-0.2, -0.15) is 5.26 Å². The number of anilines is 1. The summed E-state index contributed by atoms with van der Waals surface area (Å²) >= 11 is 0. The molecule has 0 aliphatic carbocycles. The highest BCUT2D eigenvalue weighted by Crippen LogP contribution is 2.15. The molecule has 0 radical (unpaired) electrons. The first-order valence-corrected chi connectivity index (χ1v) is 5.26. The van der Waals surface area contributed by atoms with E-state index in [1.165, 1.54) is 19.3 Å². The molecule has 0 bridgehead atoms. The van der Waals surface area contributed by atoms with E-state index < -0.39 is 0 Å². The van der Waals surface area contributed by atoms with Crippen molar-refractivity contribution in [2.75, 3.05) is 18.5 Å². The first-order chi connectivity index (χ1) is 7.40. The number of rotatable bonds is 2. The number of hydrogen-bond donors (Lipinski definition) is 1. The lowest BCUT2D eigenvalue weighted by molar-refractivity contribution is 0.273. The molecule has 1 N–H and O–H groups in total. The quantitative estimate of drug-likeness (QED) is 0.794. The molecule has 1 fully saturated rings. The highest BCUT2D eigenvalue weighted by atomic mass is 15.5. The number of pyridine rings is 1. The van der Waals surface area contributed by atoms with Gasteiger partial charge in [-0.15, -0.1) is 0 Å². The molecule has 15 heavy (non-hydrogen) atoms. The molecule has 0 unspecified atom stereocenters. The molecular formula is C11H14N4. The van der Waals surface area contributed by atoms with Crippen LogP contribution in [-0.2, 0) is 0 Å². The summed E-state index contributed by atoms with van der Waals surface area (Å²) in [5.41, 5.74) is 4.70. The van der Waals surface area contributed by atoms with Crippen molar-refractivity contribution < 1.29 is 0 Å². The fourth-order valence-electron chi connectivity index (χ4n) is 1.76. The molecule has 2 heterocycles. The van der Waals surface area contributed by atoms with Crippen LogP contribution in [0.4, 0.5) is 5.69 Å². The highest BCUT2D eigenvalue weighted by Gasteiger charge is 2.11. The average molecular weight is 202 g/mol. The Balaban J connectivity index is 2.06. The first kappa shape index (κ1) is 9.94. The Morgan fingerprint density at radius 3 is 2.87 bits per heavy atom. The number of aromatic nitrogens is 1. The molecule has 1 aromatic rings. The Morgan fingerprint density at radius 2 is 2.13 bits per heavy atom. The van der Waals surface area contributed by atoms with Gasteiger partial charge in [-0.05, 0) is 18.9 Å². The summed E-state index contributed by atoms with van der Waals surface area (Å²) in [5, 5.41) is 11.1. The van der Waals surface area contributed by atoms with Crippen molar-refractivity contribution in [3.8, 4) is 6.07 Å². The minimum absolute atomic E-state index is 0.649. The van der Waals surface area contributed by atoms with E-state index in [1.54, 1.807) is 18.5 Å². The van der Waals surface area contributed by atoms with Gasteiger partial charge in [0.2, 0.25) is 0 Å². The van der Waals surface area contributed by atoms with E-state index in [1.807, 2.05) is 0 Å². The van der Waals surface area contributed by atoms with Gasteiger partial charge in [-0.3, -0.25) is 4.98 Å². The third-order valence-corrected chi connectivity index (χ3v) is 2.58. The van der Waals surface area contributed by atoms with Crippen LogP contribution in [0.25, 0.3) is 0 Å². The average Bonchev–Trinajstić information content (AvgIpc) is 2.31. The second-order valence-electron chi connectivity index (χ2n) is 3.69. The molecule has 1 saturated heterocycles. The minimum Gasteiger partial charge on any atom is -0.316 e. The Hall–Kier alpha value is -1.60. The highest BCUT2D eigenvalue weighted by molar-refractivity contribution is 5.54. The molecule has 0 aromatic carbocycles. The molecule has 0 amide bonds. The van der Waals surface area contributed by atoms with Crippen LogP contribution < -0.4 is 5.43 Å². The van der Waals surface area contributed by atoms with E-state index in [4.69, 9.17) is 5.26 Å². The lowest BCUT2D eigenvalue weighted by atomic mass is 10.2. The summed E-state index contributed by atoms with van der Waals surface area (Å²) in [5.74, 6) is 0. The van der Waals surface area contributed by atoms with E-state index in [2.05, 4.69) is 21.5 Å². The van der Waals surface area contributed by atoms with Crippen molar-refractivity contribution in [3.05, 3.63) is 24.0 Å². The number of piperidine rings is 1. The third-order valence-electron chi connectivity index (χ3n) is 2.58. The standard InChI is InChI=1S/C11H14N4/c12-8-10-4-5-13-9-11(10)14-15-6-2-1-3-7-15/h4-5,9,14H,1-3,6-7H2. The molecule has 2 rings (SSSR count). The Bertz CT molecular complexity index is 363. The van der Waals surface area contributed by atoms with Crippen LogP contribution in [0.3, 0.4) is 0 Å². The SMILES string of the molecule is N#Cc1ccncc1NN1CCCCC1. The van der Waals surface area contributed by atoms with Crippen LogP contribution in [0.5, 0.6) is 0 Å². The van der Waals surface area contributed by atoms with Gasteiger partial charge >= 0.3 is 0 Å². The number of nitriles is 1. The molecule has 0 spiro atoms. The topological polar surface area (TPSA) is 52.0 Å². The monoisotopic (exact) mass is 202 g/mol.